The number of ether oxygens (including phenoxy) is 2. The Hall–Kier alpha value is -2.81. The standard InChI is InChI=1S/C16H17ClN4O5/c1-16(2)14(23)21(15(24)19-16)4-3-12(22)20-18-7-9-5-10(17)13-11(6-9)25-8-26-13/h5-7H,3-4,8H2,1-2H3,(H,19,24)(H,20,22)/b18-7-. The summed E-state index contributed by atoms with van der Waals surface area (Å²) in [6.45, 7) is 3.29. The smallest absolute Gasteiger partial charge is 0.325 e. The van der Waals surface area contributed by atoms with Crippen molar-refractivity contribution in [1.29, 1.82) is 0 Å². The van der Waals surface area contributed by atoms with Crippen molar-refractivity contribution in [3.05, 3.63) is 22.7 Å². The number of fused-ring (bicyclic) bond motifs is 1. The molecule has 2 N–H and O–H groups in total. The van der Waals surface area contributed by atoms with E-state index in [1.165, 1.54) is 6.21 Å². The molecule has 1 fully saturated rings. The Bertz CT molecular complexity index is 808. The summed E-state index contributed by atoms with van der Waals surface area (Å²) >= 11 is 6.06. The number of hydrogen-bond donors (Lipinski definition) is 2. The highest BCUT2D eigenvalue weighted by molar-refractivity contribution is 6.32. The Labute approximate surface area is 154 Å². The molecular weight excluding hydrogens is 364 g/mol. The third-order valence-electron chi connectivity index (χ3n) is 3.86. The van der Waals surface area contributed by atoms with Crippen LogP contribution in [0.1, 0.15) is 25.8 Å². The second-order valence-corrected chi connectivity index (χ2v) is 6.70. The molecule has 138 valence electrons. The highest BCUT2D eigenvalue weighted by Crippen LogP contribution is 2.39. The van der Waals surface area contributed by atoms with Crippen LogP contribution in [0, 0.1) is 0 Å². The molecule has 1 aromatic carbocycles. The quantitative estimate of drug-likeness (QED) is 0.453. The molecule has 0 spiro atoms. The SMILES string of the molecule is CC1(C)NC(=O)N(CCC(=O)N/N=C\c2cc(Cl)c3c(c2)OCO3)C1=O. The van der Waals surface area contributed by atoms with Crippen LogP contribution in [0.4, 0.5) is 4.79 Å². The largest absolute Gasteiger partial charge is 0.454 e. The van der Waals surface area contributed by atoms with Gasteiger partial charge in [-0.2, -0.15) is 5.10 Å². The maximum atomic E-state index is 12.0. The van der Waals surface area contributed by atoms with Crippen molar-refractivity contribution in [2.24, 2.45) is 5.10 Å². The van der Waals surface area contributed by atoms with Crippen molar-refractivity contribution in [1.82, 2.24) is 15.6 Å². The predicted molar refractivity (Wildman–Crippen MR) is 92.3 cm³/mol. The number of nitrogens with zero attached hydrogens (tertiary/aromatic N) is 2. The molecular formula is C16H17ClN4O5. The number of nitrogens with one attached hydrogen (secondary N) is 2. The van der Waals surface area contributed by atoms with Crippen LogP contribution in [0.2, 0.25) is 5.02 Å². The zero-order valence-electron chi connectivity index (χ0n) is 14.2. The molecule has 1 saturated heterocycles. The number of carbonyl (C=O) groups excluding carboxylic acids is 3. The fraction of sp³-hybridized carbons (Fsp3) is 0.375. The third-order valence-corrected chi connectivity index (χ3v) is 4.14. The predicted octanol–water partition coefficient (Wildman–Crippen LogP) is 1.24. The first-order chi connectivity index (χ1) is 12.3. The van der Waals surface area contributed by atoms with Gasteiger partial charge in [-0.15, -0.1) is 0 Å². The highest BCUT2D eigenvalue weighted by atomic mass is 35.5. The maximum absolute atomic E-state index is 12.0. The van der Waals surface area contributed by atoms with Crippen molar-refractivity contribution in [2.45, 2.75) is 25.8 Å². The van der Waals surface area contributed by atoms with Crippen molar-refractivity contribution >= 4 is 35.7 Å². The zero-order chi connectivity index (χ0) is 18.9. The Morgan fingerprint density at radius 2 is 2.19 bits per heavy atom. The molecule has 0 unspecified atom stereocenters. The van der Waals surface area contributed by atoms with E-state index in [1.54, 1.807) is 26.0 Å². The number of benzene rings is 1. The van der Waals surface area contributed by atoms with E-state index >= 15 is 0 Å². The van der Waals surface area contributed by atoms with E-state index in [1.807, 2.05) is 0 Å². The fourth-order valence-electron chi connectivity index (χ4n) is 2.53. The van der Waals surface area contributed by atoms with Crippen molar-refractivity contribution < 1.29 is 23.9 Å². The minimum atomic E-state index is -0.954. The van der Waals surface area contributed by atoms with Crippen LogP contribution < -0.4 is 20.2 Å². The number of hydrazone groups is 1. The number of amides is 4. The molecule has 2 aliphatic rings. The van der Waals surface area contributed by atoms with E-state index in [-0.39, 0.29) is 25.7 Å². The second-order valence-electron chi connectivity index (χ2n) is 6.29. The normalized spacial score (nSPS) is 17.7. The number of halogens is 1. The van der Waals surface area contributed by atoms with Gasteiger partial charge in [-0.3, -0.25) is 14.5 Å². The first kappa shape index (κ1) is 18.0. The van der Waals surface area contributed by atoms with E-state index in [4.69, 9.17) is 21.1 Å². The van der Waals surface area contributed by atoms with Gasteiger partial charge in [0.05, 0.1) is 11.2 Å². The van der Waals surface area contributed by atoms with Gasteiger partial charge >= 0.3 is 6.03 Å². The average molecular weight is 381 g/mol. The van der Waals surface area contributed by atoms with Gasteiger partial charge in [0.15, 0.2) is 11.5 Å². The summed E-state index contributed by atoms with van der Waals surface area (Å²) in [4.78, 5) is 36.6. The number of rotatable bonds is 5. The van der Waals surface area contributed by atoms with Gasteiger partial charge in [0, 0.05) is 13.0 Å². The maximum Gasteiger partial charge on any atom is 0.325 e. The summed E-state index contributed by atoms with van der Waals surface area (Å²) in [6, 6.07) is 2.80. The highest BCUT2D eigenvalue weighted by Gasteiger charge is 2.43. The Morgan fingerprint density at radius 3 is 2.88 bits per heavy atom. The summed E-state index contributed by atoms with van der Waals surface area (Å²) in [5, 5.41) is 6.77. The van der Waals surface area contributed by atoms with Crippen LogP contribution in [0.3, 0.4) is 0 Å². The Morgan fingerprint density at radius 1 is 1.42 bits per heavy atom. The molecule has 0 atom stereocenters. The Balaban J connectivity index is 1.52. The second kappa shape index (κ2) is 6.83. The van der Waals surface area contributed by atoms with Gasteiger partial charge < -0.3 is 14.8 Å². The lowest BCUT2D eigenvalue weighted by molar-refractivity contribution is -0.130. The molecule has 0 aliphatic carbocycles. The minimum absolute atomic E-state index is 0.0225. The van der Waals surface area contributed by atoms with Gasteiger partial charge in [-0.05, 0) is 31.5 Å². The molecule has 2 aliphatic heterocycles. The summed E-state index contributed by atoms with van der Waals surface area (Å²) in [6.07, 6.45) is 1.34. The molecule has 0 bridgehead atoms. The van der Waals surface area contributed by atoms with E-state index in [2.05, 4.69) is 15.8 Å². The van der Waals surface area contributed by atoms with Gasteiger partial charge in [0.1, 0.15) is 5.54 Å². The van der Waals surface area contributed by atoms with Crippen molar-refractivity contribution in [2.75, 3.05) is 13.3 Å². The lowest BCUT2D eigenvalue weighted by Gasteiger charge is -2.15. The summed E-state index contributed by atoms with van der Waals surface area (Å²) in [7, 11) is 0. The summed E-state index contributed by atoms with van der Waals surface area (Å²) < 4.78 is 10.5. The summed E-state index contributed by atoms with van der Waals surface area (Å²) in [5.74, 6) is 0.183. The van der Waals surface area contributed by atoms with Gasteiger partial charge in [0.25, 0.3) is 5.91 Å². The lowest BCUT2D eigenvalue weighted by atomic mass is 10.1. The van der Waals surface area contributed by atoms with Crippen LogP contribution in [-0.4, -0.2) is 47.8 Å². The first-order valence-corrected chi connectivity index (χ1v) is 8.21. The average Bonchev–Trinajstić information content (AvgIpc) is 3.10. The summed E-state index contributed by atoms with van der Waals surface area (Å²) in [5.41, 5.74) is 2.01. The van der Waals surface area contributed by atoms with Gasteiger partial charge in [-0.25, -0.2) is 10.2 Å². The van der Waals surface area contributed by atoms with Gasteiger partial charge in [0.2, 0.25) is 12.7 Å². The lowest BCUT2D eigenvalue weighted by Crippen LogP contribution is -2.40. The molecule has 0 radical (unpaired) electrons. The number of urea groups is 1. The fourth-order valence-corrected chi connectivity index (χ4v) is 2.80. The van der Waals surface area contributed by atoms with Crippen molar-refractivity contribution in [3.63, 3.8) is 0 Å². The molecule has 2 heterocycles. The molecule has 4 amide bonds. The third kappa shape index (κ3) is 3.57. The molecule has 0 aromatic heterocycles. The topological polar surface area (TPSA) is 109 Å². The Kier molecular flexibility index (Phi) is 4.73. The number of imide groups is 1. The number of carbonyl (C=O) groups is 3. The molecule has 9 nitrogen and oxygen atoms in total. The monoisotopic (exact) mass is 380 g/mol. The number of hydrogen-bond acceptors (Lipinski definition) is 6. The molecule has 26 heavy (non-hydrogen) atoms. The van der Waals surface area contributed by atoms with E-state index < -0.39 is 17.5 Å². The molecule has 3 rings (SSSR count). The van der Waals surface area contributed by atoms with Crippen LogP contribution in [-0.2, 0) is 9.59 Å². The van der Waals surface area contributed by atoms with E-state index in [0.29, 0.717) is 22.1 Å². The van der Waals surface area contributed by atoms with Crippen LogP contribution in [0.15, 0.2) is 17.2 Å². The minimum Gasteiger partial charge on any atom is -0.454 e. The van der Waals surface area contributed by atoms with Crippen LogP contribution >= 0.6 is 11.6 Å². The molecule has 1 aromatic rings. The zero-order valence-corrected chi connectivity index (χ0v) is 14.9. The van der Waals surface area contributed by atoms with Crippen LogP contribution in [0.25, 0.3) is 0 Å². The van der Waals surface area contributed by atoms with E-state index in [0.717, 1.165) is 4.90 Å². The van der Waals surface area contributed by atoms with Crippen LogP contribution in [0.5, 0.6) is 11.5 Å². The molecule has 10 heteroatoms. The van der Waals surface area contributed by atoms with Crippen molar-refractivity contribution in [3.8, 4) is 11.5 Å². The first-order valence-electron chi connectivity index (χ1n) is 7.83. The molecule has 0 saturated carbocycles. The van der Waals surface area contributed by atoms with E-state index in [9.17, 15) is 14.4 Å². The van der Waals surface area contributed by atoms with Gasteiger partial charge in [-0.1, -0.05) is 11.6 Å².